The van der Waals surface area contributed by atoms with Crippen molar-refractivity contribution in [2.45, 2.75) is 25.3 Å². The van der Waals surface area contributed by atoms with Crippen LogP contribution in [0.3, 0.4) is 0 Å². The van der Waals surface area contributed by atoms with Gasteiger partial charge in [0, 0.05) is 16.4 Å². The highest BCUT2D eigenvalue weighted by molar-refractivity contribution is 9.10. The van der Waals surface area contributed by atoms with E-state index in [9.17, 15) is 4.79 Å². The van der Waals surface area contributed by atoms with E-state index in [1.165, 1.54) is 0 Å². The molecule has 2 unspecified atom stereocenters. The first-order valence-corrected chi connectivity index (χ1v) is 6.36. The minimum absolute atomic E-state index is 0.0363. The Morgan fingerprint density at radius 2 is 2.44 bits per heavy atom. The summed E-state index contributed by atoms with van der Waals surface area (Å²) in [5, 5.41) is 3.20. The number of halogens is 1. The lowest BCUT2D eigenvalue weighted by atomic mass is 9.89. The fourth-order valence-corrected chi connectivity index (χ4v) is 2.38. The Morgan fingerprint density at radius 1 is 1.56 bits per heavy atom. The highest BCUT2D eigenvalue weighted by Crippen LogP contribution is 2.20. The minimum Gasteiger partial charge on any atom is -0.308 e. The third-order valence-electron chi connectivity index (χ3n) is 3.00. The van der Waals surface area contributed by atoms with Crippen LogP contribution < -0.4 is 5.32 Å². The Kier molecular flexibility index (Phi) is 4.07. The second kappa shape index (κ2) is 5.55. The van der Waals surface area contributed by atoms with Gasteiger partial charge in [0.1, 0.15) is 6.29 Å². The van der Waals surface area contributed by atoms with Gasteiger partial charge in [0.05, 0.1) is 6.04 Å². The zero-order valence-electron chi connectivity index (χ0n) is 9.03. The van der Waals surface area contributed by atoms with E-state index in [1.807, 2.05) is 18.3 Å². The Hall–Kier alpha value is -0.740. The standard InChI is InChI=1S/C12H15BrN2O/c13-10-1-2-11(15-7-10)5-9-3-4-14-12(6-9)8-16/h1-2,7-9,12,14H,3-6H2. The third kappa shape index (κ3) is 3.12. The summed E-state index contributed by atoms with van der Waals surface area (Å²) < 4.78 is 1.01. The fraction of sp³-hybridized carbons (Fsp3) is 0.500. The van der Waals surface area contributed by atoms with Crippen LogP contribution in [0.25, 0.3) is 0 Å². The Morgan fingerprint density at radius 3 is 3.12 bits per heavy atom. The first kappa shape index (κ1) is 11.7. The van der Waals surface area contributed by atoms with Gasteiger partial charge in [0.15, 0.2) is 0 Å². The molecule has 0 bridgehead atoms. The number of pyridine rings is 1. The van der Waals surface area contributed by atoms with Gasteiger partial charge in [-0.1, -0.05) is 0 Å². The summed E-state index contributed by atoms with van der Waals surface area (Å²) in [4.78, 5) is 15.1. The van der Waals surface area contributed by atoms with E-state index in [4.69, 9.17) is 0 Å². The van der Waals surface area contributed by atoms with Gasteiger partial charge in [-0.15, -0.1) is 0 Å². The molecule has 0 amide bonds. The molecule has 1 saturated heterocycles. The van der Waals surface area contributed by atoms with Gasteiger partial charge in [0.25, 0.3) is 0 Å². The highest BCUT2D eigenvalue weighted by Gasteiger charge is 2.21. The van der Waals surface area contributed by atoms with Gasteiger partial charge in [-0.25, -0.2) is 0 Å². The average Bonchev–Trinajstić information content (AvgIpc) is 2.32. The maximum Gasteiger partial charge on any atom is 0.136 e. The topological polar surface area (TPSA) is 42.0 Å². The van der Waals surface area contributed by atoms with Crippen LogP contribution in [0.1, 0.15) is 18.5 Å². The van der Waals surface area contributed by atoms with Gasteiger partial charge in [-0.2, -0.15) is 0 Å². The van der Waals surface area contributed by atoms with E-state index in [0.717, 1.165) is 42.3 Å². The van der Waals surface area contributed by atoms with E-state index in [-0.39, 0.29) is 6.04 Å². The summed E-state index contributed by atoms with van der Waals surface area (Å²) in [6.07, 6.45) is 5.87. The second-order valence-electron chi connectivity index (χ2n) is 4.26. The molecule has 1 fully saturated rings. The van der Waals surface area contributed by atoms with Crippen molar-refractivity contribution < 1.29 is 4.79 Å². The summed E-state index contributed by atoms with van der Waals surface area (Å²) in [5.74, 6) is 0.574. The van der Waals surface area contributed by atoms with Gasteiger partial charge >= 0.3 is 0 Å². The van der Waals surface area contributed by atoms with E-state index in [2.05, 4.69) is 26.2 Å². The SMILES string of the molecule is O=CC1CC(Cc2ccc(Br)cn2)CCN1. The molecule has 4 heteroatoms. The van der Waals surface area contributed by atoms with Crippen molar-refractivity contribution >= 4 is 22.2 Å². The van der Waals surface area contributed by atoms with Crippen molar-refractivity contribution in [1.82, 2.24) is 10.3 Å². The van der Waals surface area contributed by atoms with Crippen molar-refractivity contribution in [1.29, 1.82) is 0 Å². The molecule has 0 aromatic carbocycles. The largest absolute Gasteiger partial charge is 0.308 e. The van der Waals surface area contributed by atoms with Crippen molar-refractivity contribution in [3.05, 3.63) is 28.5 Å². The van der Waals surface area contributed by atoms with Crippen LogP contribution in [0.15, 0.2) is 22.8 Å². The lowest BCUT2D eigenvalue weighted by Gasteiger charge is -2.26. The molecule has 0 radical (unpaired) electrons. The van der Waals surface area contributed by atoms with E-state index in [1.54, 1.807) is 0 Å². The van der Waals surface area contributed by atoms with Crippen LogP contribution in [-0.4, -0.2) is 23.9 Å². The number of rotatable bonds is 3. The van der Waals surface area contributed by atoms with Crippen LogP contribution >= 0.6 is 15.9 Å². The molecule has 16 heavy (non-hydrogen) atoms. The predicted molar refractivity (Wildman–Crippen MR) is 66.2 cm³/mol. The van der Waals surface area contributed by atoms with Gasteiger partial charge in [-0.05, 0) is 59.8 Å². The van der Waals surface area contributed by atoms with Gasteiger partial charge < -0.3 is 10.1 Å². The molecule has 1 aromatic heterocycles. The Labute approximate surface area is 104 Å². The van der Waals surface area contributed by atoms with E-state index in [0.29, 0.717) is 5.92 Å². The van der Waals surface area contributed by atoms with Crippen LogP contribution in [0.2, 0.25) is 0 Å². The lowest BCUT2D eigenvalue weighted by molar-refractivity contribution is -0.110. The first-order valence-electron chi connectivity index (χ1n) is 5.57. The number of carbonyl (C=O) groups is 1. The molecule has 1 aromatic rings. The number of aromatic nitrogens is 1. The summed E-state index contributed by atoms with van der Waals surface area (Å²) in [6.45, 7) is 0.935. The van der Waals surface area contributed by atoms with E-state index >= 15 is 0 Å². The van der Waals surface area contributed by atoms with Crippen molar-refractivity contribution in [2.75, 3.05) is 6.54 Å². The molecule has 2 heterocycles. The maximum atomic E-state index is 10.7. The molecule has 2 atom stereocenters. The van der Waals surface area contributed by atoms with Crippen LogP contribution in [0.5, 0.6) is 0 Å². The summed E-state index contributed by atoms with van der Waals surface area (Å²) in [5.41, 5.74) is 1.11. The van der Waals surface area contributed by atoms with Crippen LogP contribution in [-0.2, 0) is 11.2 Å². The molecular weight excluding hydrogens is 268 g/mol. The molecule has 3 nitrogen and oxygen atoms in total. The Balaban J connectivity index is 1.93. The summed E-state index contributed by atoms with van der Waals surface area (Å²) in [6, 6.07) is 4.09. The van der Waals surface area contributed by atoms with Crippen molar-refractivity contribution in [3.8, 4) is 0 Å². The number of nitrogens with zero attached hydrogens (tertiary/aromatic N) is 1. The normalized spacial score (nSPS) is 25.3. The number of aldehydes is 1. The van der Waals surface area contributed by atoms with Crippen molar-refractivity contribution in [2.24, 2.45) is 5.92 Å². The molecule has 0 spiro atoms. The minimum atomic E-state index is 0.0363. The molecular formula is C12H15BrN2O. The molecule has 1 aliphatic rings. The predicted octanol–water partition coefficient (Wildman–Crippen LogP) is 1.95. The number of piperidine rings is 1. The van der Waals surface area contributed by atoms with Crippen LogP contribution in [0, 0.1) is 5.92 Å². The number of hydrogen-bond acceptors (Lipinski definition) is 3. The zero-order chi connectivity index (χ0) is 11.4. The van der Waals surface area contributed by atoms with Crippen LogP contribution in [0.4, 0.5) is 0 Å². The molecule has 86 valence electrons. The fourth-order valence-electron chi connectivity index (χ4n) is 2.15. The zero-order valence-corrected chi connectivity index (χ0v) is 10.6. The monoisotopic (exact) mass is 282 g/mol. The molecule has 1 aliphatic heterocycles. The molecule has 1 N–H and O–H groups in total. The third-order valence-corrected chi connectivity index (χ3v) is 3.47. The second-order valence-corrected chi connectivity index (χ2v) is 5.17. The summed E-state index contributed by atoms with van der Waals surface area (Å²) in [7, 11) is 0. The number of nitrogens with one attached hydrogen (secondary N) is 1. The highest BCUT2D eigenvalue weighted by atomic mass is 79.9. The summed E-state index contributed by atoms with van der Waals surface area (Å²) >= 11 is 3.37. The number of hydrogen-bond donors (Lipinski definition) is 1. The van der Waals surface area contributed by atoms with E-state index < -0.39 is 0 Å². The smallest absolute Gasteiger partial charge is 0.136 e. The quantitative estimate of drug-likeness (QED) is 0.862. The van der Waals surface area contributed by atoms with Crippen molar-refractivity contribution in [3.63, 3.8) is 0 Å². The molecule has 2 rings (SSSR count). The molecule has 0 aliphatic carbocycles. The molecule has 0 saturated carbocycles. The maximum absolute atomic E-state index is 10.7. The lowest BCUT2D eigenvalue weighted by Crippen LogP contribution is -2.39. The Bertz CT molecular complexity index is 353. The first-order chi connectivity index (χ1) is 7.78. The van der Waals surface area contributed by atoms with Gasteiger partial charge in [-0.3, -0.25) is 4.98 Å². The average molecular weight is 283 g/mol. The number of carbonyl (C=O) groups excluding carboxylic acids is 1. The van der Waals surface area contributed by atoms with Gasteiger partial charge in [0.2, 0.25) is 0 Å².